The van der Waals surface area contributed by atoms with E-state index in [9.17, 15) is 19.8 Å². The molecule has 0 amide bonds. The van der Waals surface area contributed by atoms with Gasteiger partial charge in [0.05, 0.1) is 30.6 Å². The molecule has 0 spiro atoms. The Balaban J connectivity index is 1.91. The Bertz CT molecular complexity index is 1100. The van der Waals surface area contributed by atoms with Crippen LogP contribution in [0.1, 0.15) is 84.3 Å². The Morgan fingerprint density at radius 2 is 1.92 bits per heavy atom. The lowest BCUT2D eigenvalue weighted by atomic mass is 9.73. The quantitative estimate of drug-likeness (QED) is 0.408. The van der Waals surface area contributed by atoms with Gasteiger partial charge in [0, 0.05) is 12.3 Å². The smallest absolute Gasteiger partial charge is 0.309 e. The molecule has 0 saturated heterocycles. The molecule has 198 valence electrons. The summed E-state index contributed by atoms with van der Waals surface area (Å²) < 4.78 is 11.4. The number of ether oxygens (including phenoxy) is 1. The second kappa shape index (κ2) is 11.7. The molecule has 4 N–H and O–H groups in total. The van der Waals surface area contributed by atoms with Crippen LogP contribution in [0.2, 0.25) is 0 Å². The Hall–Kier alpha value is -2.55. The van der Waals surface area contributed by atoms with Gasteiger partial charge in [-0.1, -0.05) is 45.4 Å². The summed E-state index contributed by atoms with van der Waals surface area (Å²) in [6, 6.07) is 5.44. The summed E-state index contributed by atoms with van der Waals surface area (Å²) >= 11 is 0. The maximum Gasteiger partial charge on any atom is 0.309 e. The number of aliphatic hydroxyl groups excluding tert-OH is 2. The number of nitrogens with zero attached hydrogens (tertiary/aromatic N) is 1. The van der Waals surface area contributed by atoms with E-state index < -0.39 is 35.6 Å². The van der Waals surface area contributed by atoms with Crippen molar-refractivity contribution < 1.29 is 29.0 Å². The number of fused-ring (bicyclic) bond motifs is 1. The molecule has 8 heteroatoms. The number of carbonyl (C=O) groups is 2. The van der Waals surface area contributed by atoms with Crippen LogP contribution in [0.25, 0.3) is 11.1 Å². The summed E-state index contributed by atoms with van der Waals surface area (Å²) in [5, 5.41) is 21.7. The predicted molar refractivity (Wildman–Crippen MR) is 137 cm³/mol. The van der Waals surface area contributed by atoms with E-state index >= 15 is 0 Å². The number of Topliss-reactive ketones (excluding diaryl/α,β-unsaturated/α-hetero) is 1. The normalized spacial score (nSPS) is 29.1. The first-order valence-electron chi connectivity index (χ1n) is 12.8. The number of carbonyl (C=O) groups excluding carboxylic acids is 2. The minimum Gasteiger partial charge on any atom is -0.457 e. The average molecular weight is 501 g/mol. The molecule has 36 heavy (non-hydrogen) atoms. The zero-order valence-electron chi connectivity index (χ0n) is 22.0. The van der Waals surface area contributed by atoms with E-state index in [-0.39, 0.29) is 24.7 Å². The Kier molecular flexibility index (Phi) is 9.08. The van der Waals surface area contributed by atoms with Crippen molar-refractivity contribution in [3.63, 3.8) is 0 Å². The van der Waals surface area contributed by atoms with Gasteiger partial charge in [-0.15, -0.1) is 0 Å². The minimum atomic E-state index is -1.25. The number of hydrogen-bond donors (Lipinski definition) is 3. The van der Waals surface area contributed by atoms with Crippen LogP contribution in [0, 0.1) is 17.3 Å². The van der Waals surface area contributed by atoms with Gasteiger partial charge in [0.1, 0.15) is 17.4 Å². The molecule has 1 aliphatic rings. The van der Waals surface area contributed by atoms with Crippen LogP contribution in [0.5, 0.6) is 0 Å². The summed E-state index contributed by atoms with van der Waals surface area (Å²) in [6.45, 7) is 9.09. The van der Waals surface area contributed by atoms with Crippen molar-refractivity contribution >= 4 is 22.9 Å². The number of rotatable bonds is 2. The minimum absolute atomic E-state index is 0.0667. The molecule has 8 nitrogen and oxygen atoms in total. The summed E-state index contributed by atoms with van der Waals surface area (Å²) in [7, 11) is 0. The van der Waals surface area contributed by atoms with Crippen molar-refractivity contribution in [1.82, 2.24) is 4.98 Å². The lowest BCUT2D eigenvalue weighted by molar-refractivity contribution is -0.155. The van der Waals surface area contributed by atoms with Gasteiger partial charge in [0.15, 0.2) is 5.58 Å². The average Bonchev–Trinajstić information content (AvgIpc) is 3.26. The van der Waals surface area contributed by atoms with E-state index in [1.165, 1.54) is 0 Å². The molecule has 2 aromatic rings. The first kappa shape index (κ1) is 28.0. The van der Waals surface area contributed by atoms with Gasteiger partial charge < -0.3 is 25.1 Å². The number of esters is 1. The number of allylic oxidation sites excluding steroid dienone is 1. The summed E-state index contributed by atoms with van der Waals surface area (Å²) in [5.74, 6) is -1.17. The maximum absolute atomic E-state index is 13.2. The number of ketones is 1. The molecule has 1 aliphatic heterocycles. The van der Waals surface area contributed by atoms with Crippen LogP contribution in [-0.2, 0) is 20.9 Å². The molecule has 5 unspecified atom stereocenters. The van der Waals surface area contributed by atoms with Crippen molar-refractivity contribution in [2.45, 2.75) is 91.6 Å². The van der Waals surface area contributed by atoms with Crippen LogP contribution >= 0.6 is 0 Å². The molecule has 0 radical (unpaired) electrons. The molecule has 5 atom stereocenters. The van der Waals surface area contributed by atoms with Gasteiger partial charge >= 0.3 is 5.97 Å². The lowest BCUT2D eigenvalue weighted by Crippen LogP contribution is -2.45. The highest BCUT2D eigenvalue weighted by Gasteiger charge is 2.42. The van der Waals surface area contributed by atoms with Crippen LogP contribution in [-0.4, -0.2) is 39.2 Å². The predicted octanol–water partition coefficient (Wildman–Crippen LogP) is 4.37. The Morgan fingerprint density at radius 3 is 2.61 bits per heavy atom. The van der Waals surface area contributed by atoms with Crippen LogP contribution in [0.4, 0.5) is 0 Å². The van der Waals surface area contributed by atoms with E-state index in [1.54, 1.807) is 26.8 Å². The van der Waals surface area contributed by atoms with Crippen molar-refractivity contribution in [3.8, 4) is 0 Å². The fraction of sp³-hybridized carbons (Fsp3) is 0.607. The largest absolute Gasteiger partial charge is 0.457 e. The van der Waals surface area contributed by atoms with Gasteiger partial charge in [0.25, 0.3) is 0 Å². The van der Waals surface area contributed by atoms with Crippen LogP contribution < -0.4 is 5.73 Å². The number of benzene rings is 1. The molecular formula is C28H40N2O6. The summed E-state index contributed by atoms with van der Waals surface area (Å²) in [6.07, 6.45) is 2.01. The lowest BCUT2D eigenvalue weighted by Gasteiger charge is -2.34. The molecule has 0 fully saturated rings. The van der Waals surface area contributed by atoms with Crippen molar-refractivity contribution in [2.24, 2.45) is 23.0 Å². The molecular weight excluding hydrogens is 460 g/mol. The van der Waals surface area contributed by atoms with Gasteiger partial charge in [-0.05, 0) is 49.8 Å². The van der Waals surface area contributed by atoms with Gasteiger partial charge in [-0.25, -0.2) is 4.98 Å². The molecule has 2 heterocycles. The molecule has 0 aliphatic carbocycles. The monoisotopic (exact) mass is 500 g/mol. The third kappa shape index (κ3) is 6.41. The van der Waals surface area contributed by atoms with Crippen molar-refractivity contribution in [2.75, 3.05) is 0 Å². The van der Waals surface area contributed by atoms with Crippen LogP contribution in [0.3, 0.4) is 0 Å². The second-order valence-electron chi connectivity index (χ2n) is 10.8. The molecule has 1 aromatic heterocycles. The third-order valence-electron chi connectivity index (χ3n) is 7.52. The zero-order valence-corrected chi connectivity index (χ0v) is 22.0. The van der Waals surface area contributed by atoms with E-state index in [4.69, 9.17) is 14.9 Å². The number of oxazole rings is 1. The van der Waals surface area contributed by atoms with E-state index in [0.29, 0.717) is 23.4 Å². The topological polar surface area (TPSA) is 136 Å². The van der Waals surface area contributed by atoms with E-state index in [0.717, 1.165) is 30.4 Å². The van der Waals surface area contributed by atoms with Crippen molar-refractivity contribution in [3.05, 3.63) is 41.3 Å². The van der Waals surface area contributed by atoms with Gasteiger partial charge in [-0.3, -0.25) is 9.59 Å². The zero-order chi connectivity index (χ0) is 26.6. The highest BCUT2D eigenvalue weighted by Crippen LogP contribution is 2.33. The summed E-state index contributed by atoms with van der Waals surface area (Å²) in [5.41, 5.74) is 7.57. The molecule has 0 bridgehead atoms. The fourth-order valence-corrected chi connectivity index (χ4v) is 4.83. The van der Waals surface area contributed by atoms with Gasteiger partial charge in [0.2, 0.25) is 5.89 Å². The number of aromatic nitrogens is 1. The number of hydrogen-bond acceptors (Lipinski definition) is 8. The highest BCUT2D eigenvalue weighted by atomic mass is 16.5. The summed E-state index contributed by atoms with van der Waals surface area (Å²) in [4.78, 5) is 30.5. The fourth-order valence-electron chi connectivity index (χ4n) is 4.83. The number of aliphatic hydroxyl groups is 2. The van der Waals surface area contributed by atoms with Crippen LogP contribution in [0.15, 0.2) is 34.3 Å². The first-order chi connectivity index (χ1) is 16.9. The van der Waals surface area contributed by atoms with E-state index in [2.05, 4.69) is 11.1 Å². The first-order valence-corrected chi connectivity index (χ1v) is 12.8. The SMILES string of the molecule is CC1=CCC(c2ccc3oc(CN)nc3c2)OC(=O)CC(O)C(C)(C)C(=O)C(C)C(O)C(C)CCC1. The van der Waals surface area contributed by atoms with Gasteiger partial charge in [-0.2, -0.15) is 0 Å². The Morgan fingerprint density at radius 1 is 1.19 bits per heavy atom. The molecule has 0 saturated carbocycles. The number of nitrogens with two attached hydrogens (primary N) is 1. The molecule has 1 aromatic carbocycles. The van der Waals surface area contributed by atoms with E-state index in [1.807, 2.05) is 26.0 Å². The second-order valence-corrected chi connectivity index (χ2v) is 10.8. The molecule has 3 rings (SSSR count). The standard InChI is InChI=1S/C28H40N2O6/c1-16-7-6-8-17(2)26(33)18(3)27(34)28(4,5)23(31)14-25(32)36-21(11-9-16)19-10-12-22-20(13-19)30-24(15-29)35-22/h9-10,12-13,17-18,21,23,26,31,33H,6-8,11,14-15,29H2,1-5H3. The maximum atomic E-state index is 13.2. The van der Waals surface area contributed by atoms with Crippen molar-refractivity contribution in [1.29, 1.82) is 0 Å². The Labute approximate surface area is 212 Å². The number of cyclic esters (lactones) is 1. The third-order valence-corrected chi connectivity index (χ3v) is 7.52. The highest BCUT2D eigenvalue weighted by molar-refractivity contribution is 5.88.